The molecule has 0 aromatic heterocycles. The Morgan fingerprint density at radius 1 is 1.50 bits per heavy atom. The molecule has 1 atom stereocenters. The highest BCUT2D eigenvalue weighted by Crippen LogP contribution is 2.10. The van der Waals surface area contributed by atoms with Crippen molar-refractivity contribution >= 4 is 37.8 Å². The molecule has 14 heavy (non-hydrogen) atoms. The molecule has 0 saturated carbocycles. The fourth-order valence-electron chi connectivity index (χ4n) is 1.66. The number of carbonyl (C=O) groups is 1. The first-order valence-corrected chi connectivity index (χ1v) is 6.81. The van der Waals surface area contributed by atoms with Crippen molar-refractivity contribution in [3.8, 4) is 0 Å². The molecule has 0 radical (unpaired) electrons. The minimum absolute atomic E-state index is 0.235. The van der Waals surface area contributed by atoms with Gasteiger partial charge in [-0.2, -0.15) is 0 Å². The highest BCUT2D eigenvalue weighted by Gasteiger charge is 2.17. The fraction of sp³-hybridized carbons (Fsp3) is 0.889. The van der Waals surface area contributed by atoms with Crippen molar-refractivity contribution in [3.05, 3.63) is 0 Å². The summed E-state index contributed by atoms with van der Waals surface area (Å²) < 4.78 is 4.68. The van der Waals surface area contributed by atoms with Crippen molar-refractivity contribution in [3.63, 3.8) is 0 Å². The maximum Gasteiger partial charge on any atom is 0.330 e. The third-order valence-corrected chi connectivity index (χ3v) is 3.19. The average molecular weight is 330 g/mol. The number of quaternary nitrogens is 1. The molecule has 2 N–H and O–H groups in total. The van der Waals surface area contributed by atoms with E-state index >= 15 is 0 Å². The smallest absolute Gasteiger partial charge is 0.330 e. The molecule has 5 heteroatoms. The number of piperidine rings is 1. The van der Waals surface area contributed by atoms with E-state index in [1.54, 1.807) is 0 Å². The Morgan fingerprint density at radius 3 is 2.86 bits per heavy atom. The molecular weight excluding hydrogens is 314 g/mol. The van der Waals surface area contributed by atoms with Crippen LogP contribution in [0.15, 0.2) is 0 Å². The van der Waals surface area contributed by atoms with Crippen molar-refractivity contribution in [1.29, 1.82) is 0 Å². The molecule has 0 amide bonds. The molecule has 0 bridgehead atoms. The van der Waals surface area contributed by atoms with Crippen LogP contribution in [0.25, 0.3) is 0 Å². The molecule has 0 aromatic carbocycles. The Labute approximate surface area is 101 Å². The predicted octanol–water partition coefficient (Wildman–Crippen LogP) is 1.15. The number of nitrogens with two attached hydrogens (primary N) is 1. The van der Waals surface area contributed by atoms with E-state index in [4.69, 9.17) is 4.74 Å². The predicted molar refractivity (Wildman–Crippen MR) is 61.6 cm³/mol. The molecule has 1 aliphatic rings. The van der Waals surface area contributed by atoms with Gasteiger partial charge in [0.2, 0.25) is 0 Å². The SMILES string of the molecule is O=C(OCCC1CCCC[NH2+]1)C(Br)Br. The van der Waals surface area contributed by atoms with Crippen LogP contribution in [0.3, 0.4) is 0 Å². The molecular formula is C9H16Br2NO2+. The number of hydrogen-bond donors (Lipinski definition) is 1. The monoisotopic (exact) mass is 328 g/mol. The summed E-state index contributed by atoms with van der Waals surface area (Å²) in [7, 11) is 0. The number of carbonyl (C=O) groups excluding carboxylic acids is 1. The number of hydrogen-bond acceptors (Lipinski definition) is 2. The highest BCUT2D eigenvalue weighted by molar-refractivity contribution is 9.25. The van der Waals surface area contributed by atoms with Gasteiger partial charge < -0.3 is 10.1 Å². The van der Waals surface area contributed by atoms with Gasteiger partial charge in [-0.3, -0.25) is 0 Å². The summed E-state index contributed by atoms with van der Waals surface area (Å²) in [5.74, 6) is -0.235. The van der Waals surface area contributed by atoms with Crippen LogP contribution < -0.4 is 5.32 Å². The quantitative estimate of drug-likeness (QED) is 0.621. The van der Waals surface area contributed by atoms with Crippen molar-refractivity contribution < 1.29 is 14.8 Å². The summed E-state index contributed by atoms with van der Waals surface area (Å²) in [6, 6.07) is 0.653. The minimum Gasteiger partial charge on any atom is -0.464 e. The van der Waals surface area contributed by atoms with Crippen LogP contribution in [0.1, 0.15) is 25.7 Å². The second-order valence-electron chi connectivity index (χ2n) is 3.54. The number of alkyl halides is 2. The number of halogens is 2. The largest absolute Gasteiger partial charge is 0.464 e. The number of rotatable bonds is 4. The zero-order chi connectivity index (χ0) is 10.4. The van der Waals surface area contributed by atoms with Gasteiger partial charge in [-0.1, -0.05) is 31.9 Å². The molecule has 3 nitrogen and oxygen atoms in total. The zero-order valence-electron chi connectivity index (χ0n) is 8.05. The van der Waals surface area contributed by atoms with E-state index in [2.05, 4.69) is 37.2 Å². The van der Waals surface area contributed by atoms with Crippen molar-refractivity contribution in [1.82, 2.24) is 0 Å². The molecule has 1 saturated heterocycles. The van der Waals surface area contributed by atoms with Gasteiger partial charge in [-0.05, 0) is 19.3 Å². The fourth-order valence-corrected chi connectivity index (χ4v) is 1.92. The zero-order valence-corrected chi connectivity index (χ0v) is 11.2. The Bertz CT molecular complexity index is 182. The standard InChI is InChI=1S/C9H15Br2NO2/c10-8(11)9(13)14-6-4-7-3-1-2-5-12-7/h7-8,12H,1-6H2/p+1. The molecule has 0 aliphatic carbocycles. The Kier molecular flexibility index (Phi) is 6.05. The van der Waals surface area contributed by atoms with Gasteiger partial charge in [-0.25, -0.2) is 4.79 Å². The minimum atomic E-state index is -0.370. The molecule has 1 heterocycles. The highest BCUT2D eigenvalue weighted by atomic mass is 79.9. The lowest BCUT2D eigenvalue weighted by Crippen LogP contribution is -2.91. The van der Waals surface area contributed by atoms with E-state index in [0.29, 0.717) is 12.6 Å². The van der Waals surface area contributed by atoms with E-state index in [0.717, 1.165) is 6.42 Å². The molecule has 0 aromatic rings. The normalized spacial score (nSPS) is 22.4. The molecule has 1 fully saturated rings. The van der Waals surface area contributed by atoms with Crippen molar-refractivity contribution in [2.45, 2.75) is 35.5 Å². The van der Waals surface area contributed by atoms with E-state index in [1.165, 1.54) is 25.8 Å². The third-order valence-electron chi connectivity index (χ3n) is 2.44. The van der Waals surface area contributed by atoms with Crippen molar-refractivity contribution in [2.24, 2.45) is 0 Å². The van der Waals surface area contributed by atoms with Gasteiger partial charge in [0.1, 0.15) is 0 Å². The van der Waals surface area contributed by atoms with E-state index in [1.807, 2.05) is 0 Å². The van der Waals surface area contributed by atoms with Crippen LogP contribution in [0, 0.1) is 0 Å². The summed E-state index contributed by atoms with van der Waals surface area (Å²) in [5, 5.41) is 2.36. The summed E-state index contributed by atoms with van der Waals surface area (Å²) in [5.41, 5.74) is 0. The van der Waals surface area contributed by atoms with Gasteiger partial charge in [-0.15, -0.1) is 0 Å². The maximum absolute atomic E-state index is 11.1. The first kappa shape index (κ1) is 12.5. The van der Waals surface area contributed by atoms with Crippen LogP contribution in [0.4, 0.5) is 0 Å². The molecule has 1 unspecified atom stereocenters. The molecule has 1 aliphatic heterocycles. The average Bonchev–Trinajstić information content (AvgIpc) is 2.19. The Balaban J connectivity index is 2.05. The number of esters is 1. The van der Waals surface area contributed by atoms with Gasteiger partial charge in [0.25, 0.3) is 0 Å². The Hall–Kier alpha value is 0.390. The topological polar surface area (TPSA) is 42.9 Å². The Morgan fingerprint density at radius 2 is 2.29 bits per heavy atom. The summed E-state index contributed by atoms with van der Waals surface area (Å²) in [6.07, 6.45) is 4.86. The van der Waals surface area contributed by atoms with Crippen molar-refractivity contribution in [2.75, 3.05) is 13.2 Å². The molecule has 1 rings (SSSR count). The van der Waals surface area contributed by atoms with Crippen LogP contribution >= 0.6 is 31.9 Å². The lowest BCUT2D eigenvalue weighted by molar-refractivity contribution is -0.698. The summed E-state index contributed by atoms with van der Waals surface area (Å²) >= 11 is 6.20. The lowest BCUT2D eigenvalue weighted by atomic mass is 10.0. The molecule has 0 spiro atoms. The van der Waals surface area contributed by atoms with E-state index < -0.39 is 0 Å². The van der Waals surface area contributed by atoms with Crippen LogP contribution in [-0.2, 0) is 9.53 Å². The lowest BCUT2D eigenvalue weighted by Gasteiger charge is -2.19. The van der Waals surface area contributed by atoms with E-state index in [-0.39, 0.29) is 9.71 Å². The second kappa shape index (κ2) is 6.80. The van der Waals surface area contributed by atoms with Gasteiger partial charge >= 0.3 is 5.97 Å². The van der Waals surface area contributed by atoms with Gasteiger partial charge in [0.15, 0.2) is 3.74 Å². The van der Waals surface area contributed by atoms with E-state index in [9.17, 15) is 4.79 Å². The number of ether oxygens (including phenoxy) is 1. The first-order valence-electron chi connectivity index (χ1n) is 4.98. The molecule has 82 valence electrons. The van der Waals surface area contributed by atoms with Crippen LogP contribution in [-0.4, -0.2) is 28.9 Å². The maximum atomic E-state index is 11.1. The first-order chi connectivity index (χ1) is 6.70. The summed E-state index contributed by atoms with van der Waals surface area (Å²) in [6.45, 7) is 1.76. The van der Waals surface area contributed by atoms with Crippen LogP contribution in [0.2, 0.25) is 0 Å². The van der Waals surface area contributed by atoms with Gasteiger partial charge in [0, 0.05) is 6.42 Å². The van der Waals surface area contributed by atoms with Gasteiger partial charge in [0.05, 0.1) is 19.2 Å². The summed E-state index contributed by atoms with van der Waals surface area (Å²) in [4.78, 5) is 11.1. The third kappa shape index (κ3) is 4.75. The second-order valence-corrected chi connectivity index (χ2v) is 6.60. The van der Waals surface area contributed by atoms with Crippen LogP contribution in [0.5, 0.6) is 0 Å².